The van der Waals surface area contributed by atoms with Gasteiger partial charge in [-0.05, 0) is 19.3 Å². The number of carboxylic acid groups (broad SMARTS) is 1. The maximum absolute atomic E-state index is 12.0. The van der Waals surface area contributed by atoms with E-state index in [0.717, 1.165) is 0 Å². The Hall–Kier alpha value is -1.34. The molecule has 20 heavy (non-hydrogen) atoms. The second-order valence-corrected chi connectivity index (χ2v) is 4.91. The van der Waals surface area contributed by atoms with Crippen LogP contribution in [0.15, 0.2) is 0 Å². The van der Waals surface area contributed by atoms with Crippen molar-refractivity contribution < 1.29 is 24.5 Å². The van der Waals surface area contributed by atoms with Crippen molar-refractivity contribution in [2.45, 2.75) is 44.8 Å². The van der Waals surface area contributed by atoms with Crippen LogP contribution in [0.2, 0.25) is 0 Å². The zero-order chi connectivity index (χ0) is 15.0. The molecule has 1 aliphatic heterocycles. The third kappa shape index (κ3) is 5.34. The van der Waals surface area contributed by atoms with Crippen LogP contribution >= 0.6 is 0 Å². The molecule has 7 nitrogen and oxygen atoms in total. The lowest BCUT2D eigenvalue weighted by Gasteiger charge is -2.32. The van der Waals surface area contributed by atoms with Crippen LogP contribution in [-0.4, -0.2) is 65.6 Å². The van der Waals surface area contributed by atoms with Gasteiger partial charge in [0.15, 0.2) is 0 Å². The predicted octanol–water partition coefficient (Wildman–Crippen LogP) is 0.423. The third-order valence-corrected chi connectivity index (χ3v) is 3.35. The number of ether oxygens (including phenoxy) is 1. The highest BCUT2D eigenvalue weighted by Gasteiger charge is 2.26. The fourth-order valence-corrected chi connectivity index (χ4v) is 2.23. The number of aliphatic hydroxyl groups is 1. The van der Waals surface area contributed by atoms with E-state index in [2.05, 4.69) is 5.32 Å². The highest BCUT2D eigenvalue weighted by molar-refractivity contribution is 5.82. The highest BCUT2D eigenvalue weighted by atomic mass is 16.5. The molecule has 1 saturated heterocycles. The summed E-state index contributed by atoms with van der Waals surface area (Å²) >= 11 is 0. The zero-order valence-corrected chi connectivity index (χ0v) is 11.9. The van der Waals surface area contributed by atoms with Gasteiger partial charge in [0.2, 0.25) is 0 Å². The van der Waals surface area contributed by atoms with Crippen molar-refractivity contribution in [1.82, 2.24) is 10.2 Å². The number of carbonyl (C=O) groups is 2. The van der Waals surface area contributed by atoms with Gasteiger partial charge in [0.05, 0.1) is 19.3 Å². The number of amides is 2. The number of nitrogens with zero attached hydrogens (tertiary/aromatic N) is 1. The lowest BCUT2D eigenvalue weighted by molar-refractivity contribution is -0.139. The van der Waals surface area contributed by atoms with E-state index in [4.69, 9.17) is 14.9 Å². The summed E-state index contributed by atoms with van der Waals surface area (Å²) in [7, 11) is 0. The van der Waals surface area contributed by atoms with Gasteiger partial charge >= 0.3 is 12.0 Å². The number of hydrogen-bond donors (Lipinski definition) is 3. The van der Waals surface area contributed by atoms with E-state index in [1.54, 1.807) is 4.90 Å². The summed E-state index contributed by atoms with van der Waals surface area (Å²) in [5.41, 5.74) is 0. The van der Waals surface area contributed by atoms with E-state index >= 15 is 0 Å². The molecule has 0 aromatic rings. The van der Waals surface area contributed by atoms with Gasteiger partial charge in [0.1, 0.15) is 6.04 Å². The van der Waals surface area contributed by atoms with Gasteiger partial charge in [-0.15, -0.1) is 0 Å². The van der Waals surface area contributed by atoms with E-state index < -0.39 is 12.0 Å². The molecule has 1 rings (SSSR count). The summed E-state index contributed by atoms with van der Waals surface area (Å²) in [5.74, 6) is -0.999. The monoisotopic (exact) mass is 288 g/mol. The number of carboxylic acids is 1. The highest BCUT2D eigenvalue weighted by Crippen LogP contribution is 2.14. The van der Waals surface area contributed by atoms with Crippen molar-refractivity contribution in [3.63, 3.8) is 0 Å². The zero-order valence-electron chi connectivity index (χ0n) is 11.9. The number of carbonyl (C=O) groups excluding carboxylic acids is 1. The van der Waals surface area contributed by atoms with Gasteiger partial charge in [-0.1, -0.05) is 13.3 Å². The normalized spacial score (nSPS) is 17.8. The SMILES string of the molecule is CCC[C@@H](NC(=O)N1CCC(OCCO)CC1)C(=O)O. The Labute approximate surface area is 118 Å². The molecule has 0 radical (unpaired) electrons. The second-order valence-electron chi connectivity index (χ2n) is 4.91. The molecule has 1 heterocycles. The van der Waals surface area contributed by atoms with E-state index in [1.165, 1.54) is 0 Å². The molecule has 0 saturated carbocycles. The standard InChI is InChI=1S/C13H24N2O5/c1-2-3-11(12(17)18)14-13(19)15-6-4-10(5-7-15)20-9-8-16/h10-11,16H,2-9H2,1H3,(H,14,19)(H,17,18)/t11-/m1/s1. The number of aliphatic hydroxyl groups excluding tert-OH is 1. The fraction of sp³-hybridized carbons (Fsp3) is 0.846. The first kappa shape index (κ1) is 16.7. The van der Waals surface area contributed by atoms with Crippen LogP contribution in [0.4, 0.5) is 4.79 Å². The Morgan fingerprint density at radius 2 is 2.05 bits per heavy atom. The molecule has 0 unspecified atom stereocenters. The molecule has 1 atom stereocenters. The van der Waals surface area contributed by atoms with Crippen molar-refractivity contribution in [2.75, 3.05) is 26.3 Å². The van der Waals surface area contributed by atoms with Gasteiger partial charge in [-0.2, -0.15) is 0 Å². The number of likely N-dealkylation sites (tertiary alicyclic amines) is 1. The van der Waals surface area contributed by atoms with Gasteiger partial charge in [-0.3, -0.25) is 0 Å². The number of nitrogens with one attached hydrogen (secondary N) is 1. The Kier molecular flexibility index (Phi) is 7.32. The van der Waals surface area contributed by atoms with Crippen molar-refractivity contribution in [3.8, 4) is 0 Å². The third-order valence-electron chi connectivity index (χ3n) is 3.35. The van der Waals surface area contributed by atoms with Crippen molar-refractivity contribution in [1.29, 1.82) is 0 Å². The molecule has 0 aromatic carbocycles. The number of aliphatic carboxylic acids is 1. The summed E-state index contributed by atoms with van der Waals surface area (Å²) in [4.78, 5) is 24.6. The molecule has 116 valence electrons. The molecule has 0 spiro atoms. The Balaban J connectivity index is 2.36. The first-order valence-corrected chi connectivity index (χ1v) is 7.09. The molecule has 0 aromatic heterocycles. The number of hydrogen-bond acceptors (Lipinski definition) is 4. The minimum absolute atomic E-state index is 0.00197. The maximum Gasteiger partial charge on any atom is 0.326 e. The topological polar surface area (TPSA) is 99.1 Å². The van der Waals surface area contributed by atoms with Crippen LogP contribution in [-0.2, 0) is 9.53 Å². The molecule has 3 N–H and O–H groups in total. The Bertz CT molecular complexity index is 316. The van der Waals surface area contributed by atoms with E-state index in [9.17, 15) is 9.59 Å². The van der Waals surface area contributed by atoms with Crippen molar-refractivity contribution in [2.24, 2.45) is 0 Å². The van der Waals surface area contributed by atoms with Crippen LogP contribution < -0.4 is 5.32 Å². The molecule has 1 aliphatic rings. The molecular formula is C13H24N2O5. The minimum Gasteiger partial charge on any atom is -0.480 e. The molecule has 1 fully saturated rings. The Morgan fingerprint density at radius 3 is 2.55 bits per heavy atom. The predicted molar refractivity (Wildman–Crippen MR) is 72.5 cm³/mol. The smallest absolute Gasteiger partial charge is 0.326 e. The largest absolute Gasteiger partial charge is 0.480 e. The van der Waals surface area contributed by atoms with Gasteiger partial charge < -0.3 is 25.2 Å². The molecular weight excluding hydrogens is 264 g/mol. The van der Waals surface area contributed by atoms with Crippen LogP contribution in [0.5, 0.6) is 0 Å². The van der Waals surface area contributed by atoms with Gasteiger partial charge in [-0.25, -0.2) is 9.59 Å². The molecule has 0 aliphatic carbocycles. The fourth-order valence-electron chi connectivity index (χ4n) is 2.23. The lowest BCUT2D eigenvalue weighted by Crippen LogP contribution is -2.51. The number of urea groups is 1. The average molecular weight is 288 g/mol. The molecule has 2 amide bonds. The van der Waals surface area contributed by atoms with Crippen molar-refractivity contribution >= 4 is 12.0 Å². The van der Waals surface area contributed by atoms with Crippen LogP contribution in [0.1, 0.15) is 32.6 Å². The second kappa shape index (κ2) is 8.76. The summed E-state index contributed by atoms with van der Waals surface area (Å²) in [5, 5.41) is 20.2. The summed E-state index contributed by atoms with van der Waals surface area (Å²) in [6.45, 7) is 3.28. The lowest BCUT2D eigenvalue weighted by atomic mass is 10.1. The molecule has 7 heteroatoms. The summed E-state index contributed by atoms with van der Waals surface area (Å²) < 4.78 is 5.42. The summed E-state index contributed by atoms with van der Waals surface area (Å²) in [6, 6.07) is -1.15. The summed E-state index contributed by atoms with van der Waals surface area (Å²) in [6.07, 6.45) is 2.61. The van der Waals surface area contributed by atoms with Crippen molar-refractivity contribution in [3.05, 3.63) is 0 Å². The van der Waals surface area contributed by atoms with Gasteiger partial charge in [0.25, 0.3) is 0 Å². The van der Waals surface area contributed by atoms with E-state index in [-0.39, 0.29) is 18.7 Å². The van der Waals surface area contributed by atoms with E-state index in [1.807, 2.05) is 6.92 Å². The van der Waals surface area contributed by atoms with Crippen LogP contribution in [0.25, 0.3) is 0 Å². The average Bonchev–Trinajstić information content (AvgIpc) is 2.45. The molecule has 0 bridgehead atoms. The van der Waals surface area contributed by atoms with Crippen LogP contribution in [0.3, 0.4) is 0 Å². The number of piperidine rings is 1. The first-order chi connectivity index (χ1) is 9.58. The quantitative estimate of drug-likeness (QED) is 0.630. The minimum atomic E-state index is -0.999. The maximum atomic E-state index is 12.0. The first-order valence-electron chi connectivity index (χ1n) is 7.09. The van der Waals surface area contributed by atoms with E-state index in [0.29, 0.717) is 45.4 Å². The van der Waals surface area contributed by atoms with Gasteiger partial charge in [0, 0.05) is 13.1 Å². The Morgan fingerprint density at radius 1 is 1.40 bits per heavy atom. The number of rotatable bonds is 7. The van der Waals surface area contributed by atoms with Crippen LogP contribution in [0, 0.1) is 0 Å².